The van der Waals surface area contributed by atoms with Crippen LogP contribution in [0.15, 0.2) is 18.2 Å². The summed E-state index contributed by atoms with van der Waals surface area (Å²) < 4.78 is 10.3. The van der Waals surface area contributed by atoms with Gasteiger partial charge in [-0.05, 0) is 24.5 Å². The van der Waals surface area contributed by atoms with Gasteiger partial charge < -0.3 is 19.7 Å². The fourth-order valence-electron chi connectivity index (χ4n) is 2.18. The highest BCUT2D eigenvalue weighted by molar-refractivity contribution is 5.71. The maximum atomic E-state index is 11.8. The number of aliphatic hydroxyl groups is 1. The second-order valence-corrected chi connectivity index (χ2v) is 7.07. The van der Waals surface area contributed by atoms with Crippen LogP contribution >= 0.6 is 0 Å². The Bertz CT molecular complexity index is 608. The van der Waals surface area contributed by atoms with Crippen molar-refractivity contribution < 1.29 is 29.3 Å². The van der Waals surface area contributed by atoms with Crippen molar-refractivity contribution in [3.05, 3.63) is 29.3 Å². The minimum atomic E-state index is -1.82. The number of aromatic hydroxyl groups is 1. The number of phenolic OH excluding ortho intramolecular Hbond substituents is 1. The Morgan fingerprint density at radius 1 is 1.12 bits per heavy atom. The summed E-state index contributed by atoms with van der Waals surface area (Å²) in [6, 6.07) is 4.73. The number of aryl methyl sites for hydroxylation is 1. The fourth-order valence-corrected chi connectivity index (χ4v) is 2.18. The molecule has 1 aromatic carbocycles. The van der Waals surface area contributed by atoms with Gasteiger partial charge in [0.15, 0.2) is 5.60 Å². The second kappa shape index (κ2) is 8.85. The number of rotatable bonds is 8. The Hall–Kier alpha value is -2.08. The average molecular weight is 352 g/mol. The molecule has 2 N–H and O–H groups in total. The average Bonchev–Trinajstić information content (AvgIpc) is 2.49. The zero-order valence-corrected chi connectivity index (χ0v) is 15.5. The zero-order chi connectivity index (χ0) is 19.2. The van der Waals surface area contributed by atoms with Crippen LogP contribution in [0.2, 0.25) is 0 Å². The lowest BCUT2D eigenvalue weighted by atomic mass is 9.93. The number of esters is 2. The van der Waals surface area contributed by atoms with Crippen molar-refractivity contribution in [2.24, 2.45) is 11.8 Å². The first-order valence-corrected chi connectivity index (χ1v) is 8.40. The topological polar surface area (TPSA) is 93.1 Å². The summed E-state index contributed by atoms with van der Waals surface area (Å²) in [5, 5.41) is 21.1. The lowest BCUT2D eigenvalue weighted by molar-refractivity contribution is -0.167. The SMILES string of the molecule is Cc1ccc(C(O)(COC(=O)CC(C)C)COC(=O)C(C)C)c(O)c1. The Morgan fingerprint density at radius 2 is 1.72 bits per heavy atom. The number of hydrogen-bond acceptors (Lipinski definition) is 6. The molecule has 0 radical (unpaired) electrons. The molecule has 1 atom stereocenters. The number of ether oxygens (including phenoxy) is 2. The van der Waals surface area contributed by atoms with Crippen molar-refractivity contribution in [1.29, 1.82) is 0 Å². The van der Waals surface area contributed by atoms with E-state index in [1.54, 1.807) is 26.8 Å². The van der Waals surface area contributed by atoms with Gasteiger partial charge in [0.1, 0.15) is 19.0 Å². The molecule has 0 spiro atoms. The lowest BCUT2D eigenvalue weighted by Gasteiger charge is -2.29. The molecule has 0 fully saturated rings. The molecule has 0 bridgehead atoms. The first-order chi connectivity index (χ1) is 11.5. The monoisotopic (exact) mass is 352 g/mol. The molecule has 0 heterocycles. The summed E-state index contributed by atoms with van der Waals surface area (Å²) in [4.78, 5) is 23.6. The van der Waals surface area contributed by atoms with E-state index in [0.29, 0.717) is 0 Å². The molecular weight excluding hydrogens is 324 g/mol. The van der Waals surface area contributed by atoms with Crippen LogP contribution in [-0.4, -0.2) is 35.4 Å². The maximum Gasteiger partial charge on any atom is 0.308 e. The van der Waals surface area contributed by atoms with Crippen molar-refractivity contribution in [3.8, 4) is 5.75 Å². The van der Waals surface area contributed by atoms with Gasteiger partial charge in [-0.15, -0.1) is 0 Å². The smallest absolute Gasteiger partial charge is 0.308 e. The van der Waals surface area contributed by atoms with E-state index < -0.39 is 30.8 Å². The van der Waals surface area contributed by atoms with Crippen LogP contribution in [0.4, 0.5) is 0 Å². The number of benzene rings is 1. The fraction of sp³-hybridized carbons (Fsp3) is 0.579. The second-order valence-electron chi connectivity index (χ2n) is 7.07. The van der Waals surface area contributed by atoms with Gasteiger partial charge in [-0.3, -0.25) is 9.59 Å². The van der Waals surface area contributed by atoms with Crippen LogP contribution < -0.4 is 0 Å². The van der Waals surface area contributed by atoms with Gasteiger partial charge in [0, 0.05) is 12.0 Å². The Balaban J connectivity index is 3.00. The summed E-state index contributed by atoms with van der Waals surface area (Å²) in [5.74, 6) is -1.34. The van der Waals surface area contributed by atoms with E-state index >= 15 is 0 Å². The zero-order valence-electron chi connectivity index (χ0n) is 15.5. The van der Waals surface area contributed by atoms with Crippen molar-refractivity contribution >= 4 is 11.9 Å². The van der Waals surface area contributed by atoms with E-state index in [1.807, 2.05) is 13.8 Å². The van der Waals surface area contributed by atoms with Crippen molar-refractivity contribution in [2.45, 2.75) is 46.6 Å². The molecule has 6 heteroatoms. The summed E-state index contributed by atoms with van der Waals surface area (Å²) >= 11 is 0. The predicted molar refractivity (Wildman–Crippen MR) is 93.0 cm³/mol. The third kappa shape index (κ3) is 6.38. The van der Waals surface area contributed by atoms with Gasteiger partial charge in [0.25, 0.3) is 0 Å². The minimum absolute atomic E-state index is 0.118. The maximum absolute atomic E-state index is 11.8. The van der Waals surface area contributed by atoms with Crippen LogP contribution in [0.1, 0.15) is 45.2 Å². The first-order valence-electron chi connectivity index (χ1n) is 8.40. The number of hydrogen-bond donors (Lipinski definition) is 2. The molecule has 1 aromatic rings. The largest absolute Gasteiger partial charge is 0.508 e. The minimum Gasteiger partial charge on any atom is -0.508 e. The van der Waals surface area contributed by atoms with E-state index in [9.17, 15) is 19.8 Å². The van der Waals surface area contributed by atoms with E-state index in [2.05, 4.69) is 0 Å². The van der Waals surface area contributed by atoms with E-state index in [0.717, 1.165) is 5.56 Å². The van der Waals surface area contributed by atoms with Crippen LogP contribution in [0, 0.1) is 18.8 Å². The third-order valence-corrected chi connectivity index (χ3v) is 3.63. The summed E-state index contributed by atoms with van der Waals surface area (Å²) in [5.41, 5.74) is -0.874. The molecule has 1 rings (SSSR count). The summed E-state index contributed by atoms with van der Waals surface area (Å²) in [6.45, 7) is 8.06. The van der Waals surface area contributed by atoms with Crippen LogP contribution in [-0.2, 0) is 24.7 Å². The molecule has 0 aromatic heterocycles. The molecular formula is C19H28O6. The predicted octanol–water partition coefficient (Wildman–Crippen LogP) is 2.68. The first kappa shape index (κ1) is 21.0. The van der Waals surface area contributed by atoms with Gasteiger partial charge in [0.05, 0.1) is 5.92 Å². The van der Waals surface area contributed by atoms with E-state index in [-0.39, 0.29) is 29.6 Å². The Morgan fingerprint density at radius 3 is 2.24 bits per heavy atom. The van der Waals surface area contributed by atoms with Crippen molar-refractivity contribution in [1.82, 2.24) is 0 Å². The molecule has 0 aliphatic rings. The number of carbonyl (C=O) groups excluding carboxylic acids is 2. The lowest BCUT2D eigenvalue weighted by Crippen LogP contribution is -2.39. The number of phenols is 1. The van der Waals surface area contributed by atoms with E-state index in [4.69, 9.17) is 9.47 Å². The van der Waals surface area contributed by atoms with Crippen LogP contribution in [0.5, 0.6) is 5.75 Å². The van der Waals surface area contributed by atoms with Gasteiger partial charge in [0.2, 0.25) is 0 Å². The van der Waals surface area contributed by atoms with Crippen LogP contribution in [0.25, 0.3) is 0 Å². The quantitative estimate of drug-likeness (QED) is 0.699. The van der Waals surface area contributed by atoms with E-state index in [1.165, 1.54) is 12.1 Å². The van der Waals surface area contributed by atoms with Crippen LogP contribution in [0.3, 0.4) is 0 Å². The molecule has 25 heavy (non-hydrogen) atoms. The van der Waals surface area contributed by atoms with Gasteiger partial charge in [-0.2, -0.15) is 0 Å². The van der Waals surface area contributed by atoms with Crippen molar-refractivity contribution in [3.63, 3.8) is 0 Å². The normalized spacial score (nSPS) is 13.6. The Labute approximate surface area is 148 Å². The summed E-state index contributed by atoms with van der Waals surface area (Å²) in [7, 11) is 0. The van der Waals surface area contributed by atoms with Gasteiger partial charge in [-0.1, -0.05) is 39.8 Å². The summed E-state index contributed by atoms with van der Waals surface area (Å²) in [6.07, 6.45) is 0.210. The van der Waals surface area contributed by atoms with Gasteiger partial charge in [-0.25, -0.2) is 0 Å². The molecule has 140 valence electrons. The van der Waals surface area contributed by atoms with Crippen molar-refractivity contribution in [2.75, 3.05) is 13.2 Å². The highest BCUT2D eigenvalue weighted by Gasteiger charge is 2.36. The number of carbonyl (C=O) groups is 2. The highest BCUT2D eigenvalue weighted by Crippen LogP contribution is 2.31. The highest BCUT2D eigenvalue weighted by atomic mass is 16.6. The molecule has 0 saturated carbocycles. The molecule has 6 nitrogen and oxygen atoms in total. The standard InChI is InChI=1S/C19H28O6/c1-12(2)8-17(21)24-10-19(23,11-25-18(22)13(3)4)15-7-6-14(5)9-16(15)20/h6-7,9,12-13,20,23H,8,10-11H2,1-5H3. The Kier molecular flexibility index (Phi) is 7.42. The molecule has 1 unspecified atom stereocenters. The molecule has 0 saturated heterocycles. The molecule has 0 aliphatic carbocycles. The molecule has 0 amide bonds. The molecule has 0 aliphatic heterocycles. The third-order valence-electron chi connectivity index (χ3n) is 3.63. The van der Waals surface area contributed by atoms with Gasteiger partial charge >= 0.3 is 11.9 Å².